The Balaban J connectivity index is 0.00000127. The summed E-state index contributed by atoms with van der Waals surface area (Å²) in [4.78, 5) is 23.1. The van der Waals surface area contributed by atoms with E-state index in [-0.39, 0.29) is 12.2 Å². The first kappa shape index (κ1) is 18.6. The number of ketones is 1. The van der Waals surface area contributed by atoms with E-state index in [0.717, 1.165) is 11.1 Å². The average Bonchev–Trinajstić information content (AvgIpc) is 2.61. The van der Waals surface area contributed by atoms with Gasteiger partial charge in [0.15, 0.2) is 5.78 Å². The van der Waals surface area contributed by atoms with E-state index in [1.165, 1.54) is 0 Å². The molecule has 0 amide bonds. The standard InChI is InChI=1S/C18H18O3.C2H6/c1-2-13(18(20)21)12-17(19)16-10-8-15(9-11-16)14-6-4-3-5-7-14;1-2/h3-11,13H,2,12H2,1H3,(H,20,21);1-2H3. The quantitative estimate of drug-likeness (QED) is 0.758. The number of carboxylic acids is 1. The Morgan fingerprint density at radius 3 is 1.91 bits per heavy atom. The molecule has 0 bridgehead atoms. The number of hydrogen-bond acceptors (Lipinski definition) is 2. The van der Waals surface area contributed by atoms with Crippen LogP contribution in [0.1, 0.15) is 44.0 Å². The second-order valence-corrected chi connectivity index (χ2v) is 5.01. The molecule has 0 spiro atoms. The fraction of sp³-hybridized carbons (Fsp3) is 0.300. The molecule has 0 heterocycles. The maximum Gasteiger partial charge on any atom is 0.306 e. The lowest BCUT2D eigenvalue weighted by atomic mass is 9.95. The minimum absolute atomic E-state index is 0.0521. The van der Waals surface area contributed by atoms with Gasteiger partial charge >= 0.3 is 5.97 Å². The Bertz CT molecular complexity index is 615. The number of carboxylic acid groups (broad SMARTS) is 1. The average molecular weight is 312 g/mol. The summed E-state index contributed by atoms with van der Waals surface area (Å²) in [5.41, 5.74) is 2.69. The number of benzene rings is 2. The summed E-state index contributed by atoms with van der Waals surface area (Å²) in [6.07, 6.45) is 0.514. The maximum atomic E-state index is 12.1. The van der Waals surface area contributed by atoms with Crippen LogP contribution in [0.3, 0.4) is 0 Å². The molecular weight excluding hydrogens is 288 g/mol. The van der Waals surface area contributed by atoms with Crippen LogP contribution in [0.4, 0.5) is 0 Å². The Morgan fingerprint density at radius 1 is 0.913 bits per heavy atom. The van der Waals surface area contributed by atoms with Crippen LogP contribution in [-0.2, 0) is 4.79 Å². The zero-order valence-corrected chi connectivity index (χ0v) is 14.0. The molecule has 3 nitrogen and oxygen atoms in total. The predicted molar refractivity (Wildman–Crippen MR) is 93.6 cm³/mol. The van der Waals surface area contributed by atoms with Crippen molar-refractivity contribution >= 4 is 11.8 Å². The summed E-state index contributed by atoms with van der Waals surface area (Å²) in [6.45, 7) is 5.78. The summed E-state index contributed by atoms with van der Waals surface area (Å²) >= 11 is 0. The minimum Gasteiger partial charge on any atom is -0.481 e. The van der Waals surface area contributed by atoms with Crippen molar-refractivity contribution in [2.24, 2.45) is 5.92 Å². The summed E-state index contributed by atoms with van der Waals surface area (Å²) in [5, 5.41) is 9.01. The predicted octanol–water partition coefficient (Wildman–Crippen LogP) is 5.06. The molecule has 2 rings (SSSR count). The number of carbonyl (C=O) groups is 2. The number of carbonyl (C=O) groups excluding carboxylic acids is 1. The first-order chi connectivity index (χ1) is 11.1. The first-order valence-corrected chi connectivity index (χ1v) is 8.03. The Labute approximate surface area is 138 Å². The molecule has 0 radical (unpaired) electrons. The molecule has 2 aromatic rings. The molecule has 2 aromatic carbocycles. The van der Waals surface area contributed by atoms with Crippen LogP contribution in [0.5, 0.6) is 0 Å². The maximum absolute atomic E-state index is 12.1. The lowest BCUT2D eigenvalue weighted by Crippen LogP contribution is -2.17. The van der Waals surface area contributed by atoms with Gasteiger partial charge < -0.3 is 5.11 Å². The first-order valence-electron chi connectivity index (χ1n) is 8.03. The fourth-order valence-electron chi connectivity index (χ4n) is 2.23. The highest BCUT2D eigenvalue weighted by Gasteiger charge is 2.19. The Morgan fingerprint density at radius 2 is 1.43 bits per heavy atom. The van der Waals surface area contributed by atoms with Crippen LogP contribution in [0.15, 0.2) is 54.6 Å². The highest BCUT2D eigenvalue weighted by atomic mass is 16.4. The van der Waals surface area contributed by atoms with Gasteiger partial charge in [-0.3, -0.25) is 9.59 Å². The van der Waals surface area contributed by atoms with Crippen molar-refractivity contribution in [3.63, 3.8) is 0 Å². The van der Waals surface area contributed by atoms with E-state index < -0.39 is 11.9 Å². The summed E-state index contributed by atoms with van der Waals surface area (Å²) < 4.78 is 0. The van der Waals surface area contributed by atoms with Gasteiger partial charge in [0.25, 0.3) is 0 Å². The number of aliphatic carboxylic acids is 1. The molecule has 122 valence electrons. The Kier molecular flexibility index (Phi) is 7.75. The Hall–Kier alpha value is -2.42. The molecular formula is C20H24O3. The van der Waals surface area contributed by atoms with Crippen molar-refractivity contribution < 1.29 is 14.7 Å². The highest BCUT2D eigenvalue weighted by molar-refractivity contribution is 5.98. The molecule has 0 aliphatic rings. The summed E-state index contributed by atoms with van der Waals surface area (Å²) in [5.74, 6) is -1.64. The van der Waals surface area contributed by atoms with E-state index in [0.29, 0.717) is 12.0 Å². The van der Waals surface area contributed by atoms with Crippen LogP contribution in [0, 0.1) is 5.92 Å². The third-order valence-electron chi connectivity index (χ3n) is 3.59. The molecule has 3 heteroatoms. The van der Waals surface area contributed by atoms with Crippen molar-refractivity contribution in [3.05, 3.63) is 60.2 Å². The summed E-state index contributed by atoms with van der Waals surface area (Å²) in [6, 6.07) is 17.2. The molecule has 1 unspecified atom stereocenters. The van der Waals surface area contributed by atoms with Gasteiger partial charge in [-0.15, -0.1) is 0 Å². The molecule has 0 saturated carbocycles. The molecule has 23 heavy (non-hydrogen) atoms. The van der Waals surface area contributed by atoms with Crippen molar-refractivity contribution in [1.82, 2.24) is 0 Å². The molecule has 0 aromatic heterocycles. The van der Waals surface area contributed by atoms with Gasteiger partial charge in [-0.1, -0.05) is 75.4 Å². The third-order valence-corrected chi connectivity index (χ3v) is 3.59. The largest absolute Gasteiger partial charge is 0.481 e. The fourth-order valence-corrected chi connectivity index (χ4v) is 2.23. The van der Waals surface area contributed by atoms with E-state index in [2.05, 4.69) is 0 Å². The van der Waals surface area contributed by atoms with Gasteiger partial charge in [0.05, 0.1) is 5.92 Å². The van der Waals surface area contributed by atoms with Crippen LogP contribution in [0.25, 0.3) is 11.1 Å². The number of rotatable bonds is 6. The zero-order valence-electron chi connectivity index (χ0n) is 14.0. The SMILES string of the molecule is CC.CCC(CC(=O)c1ccc(-c2ccccc2)cc1)C(=O)O. The van der Waals surface area contributed by atoms with Gasteiger partial charge in [-0.2, -0.15) is 0 Å². The van der Waals surface area contributed by atoms with Crippen LogP contribution < -0.4 is 0 Å². The summed E-state index contributed by atoms with van der Waals surface area (Å²) in [7, 11) is 0. The van der Waals surface area contributed by atoms with Gasteiger partial charge in [-0.25, -0.2) is 0 Å². The van der Waals surface area contributed by atoms with Crippen molar-refractivity contribution in [1.29, 1.82) is 0 Å². The van der Waals surface area contributed by atoms with Gasteiger partial charge in [0, 0.05) is 12.0 Å². The second kappa shape index (κ2) is 9.57. The normalized spacial score (nSPS) is 11.1. The zero-order chi connectivity index (χ0) is 17.2. The van der Waals surface area contributed by atoms with E-state index >= 15 is 0 Å². The molecule has 1 N–H and O–H groups in total. The smallest absolute Gasteiger partial charge is 0.306 e. The van der Waals surface area contributed by atoms with E-state index in [1.54, 1.807) is 19.1 Å². The molecule has 0 saturated heterocycles. The van der Waals surface area contributed by atoms with Crippen molar-refractivity contribution in [2.45, 2.75) is 33.6 Å². The number of hydrogen-bond donors (Lipinski definition) is 1. The van der Waals surface area contributed by atoms with Gasteiger partial charge in [0.1, 0.15) is 0 Å². The number of Topliss-reactive ketones (excluding diaryl/α,β-unsaturated/α-hetero) is 1. The van der Waals surface area contributed by atoms with Crippen LogP contribution >= 0.6 is 0 Å². The highest BCUT2D eigenvalue weighted by Crippen LogP contribution is 2.21. The topological polar surface area (TPSA) is 54.4 Å². The molecule has 0 aliphatic carbocycles. The van der Waals surface area contributed by atoms with E-state index in [9.17, 15) is 9.59 Å². The van der Waals surface area contributed by atoms with Crippen LogP contribution in [0.2, 0.25) is 0 Å². The lowest BCUT2D eigenvalue weighted by Gasteiger charge is -2.09. The van der Waals surface area contributed by atoms with Crippen molar-refractivity contribution in [3.8, 4) is 11.1 Å². The second-order valence-electron chi connectivity index (χ2n) is 5.01. The van der Waals surface area contributed by atoms with Crippen LogP contribution in [-0.4, -0.2) is 16.9 Å². The van der Waals surface area contributed by atoms with E-state index in [1.807, 2.05) is 56.3 Å². The molecule has 0 fully saturated rings. The third kappa shape index (κ3) is 5.37. The minimum atomic E-state index is -0.910. The lowest BCUT2D eigenvalue weighted by molar-refractivity contribution is -0.141. The van der Waals surface area contributed by atoms with Gasteiger partial charge in [0.2, 0.25) is 0 Å². The van der Waals surface area contributed by atoms with Gasteiger partial charge in [-0.05, 0) is 17.5 Å². The van der Waals surface area contributed by atoms with Crippen molar-refractivity contribution in [2.75, 3.05) is 0 Å². The molecule has 1 atom stereocenters. The van der Waals surface area contributed by atoms with E-state index in [4.69, 9.17) is 5.11 Å². The molecule has 0 aliphatic heterocycles. The monoisotopic (exact) mass is 312 g/mol.